The van der Waals surface area contributed by atoms with Crippen LogP contribution in [-0.4, -0.2) is 16.9 Å². The molecule has 0 bridgehead atoms. The second kappa shape index (κ2) is 4.91. The number of nitrogens with zero attached hydrogens (tertiary/aromatic N) is 2. The van der Waals surface area contributed by atoms with Gasteiger partial charge in [-0.2, -0.15) is 5.10 Å². The molecule has 2 aromatic heterocycles. The Balaban J connectivity index is 2.20. The van der Waals surface area contributed by atoms with Crippen LogP contribution in [0.25, 0.3) is 16.9 Å². The van der Waals surface area contributed by atoms with E-state index in [0.717, 1.165) is 4.90 Å². The fourth-order valence-electron chi connectivity index (χ4n) is 1.78. The number of hydrogen-bond donors (Lipinski definition) is 0. The first-order chi connectivity index (χ1) is 9.28. The predicted octanol–water partition coefficient (Wildman–Crippen LogP) is 2.63. The van der Waals surface area contributed by atoms with Crippen molar-refractivity contribution in [1.82, 2.24) is 9.78 Å². The van der Waals surface area contributed by atoms with Crippen molar-refractivity contribution in [2.45, 2.75) is 4.90 Å². The largest absolute Gasteiger partial charge is 0.438 e. The first-order valence-electron chi connectivity index (χ1n) is 5.56. The Morgan fingerprint density at radius 1 is 1.37 bits per heavy atom. The zero-order chi connectivity index (χ0) is 13.2. The molecule has 0 fully saturated rings. The van der Waals surface area contributed by atoms with Gasteiger partial charge in [-0.15, -0.1) is 0 Å². The molecule has 3 rings (SSSR count). The molecule has 5 nitrogen and oxygen atoms in total. The second-order valence-corrected chi connectivity index (χ2v) is 4.78. The summed E-state index contributed by atoms with van der Waals surface area (Å²) < 4.78 is 12.2. The summed E-state index contributed by atoms with van der Waals surface area (Å²) in [4.78, 5) is 12.9. The Morgan fingerprint density at radius 2 is 2.26 bits per heavy atom. The van der Waals surface area contributed by atoms with Gasteiger partial charge >= 0.3 is 0 Å². The summed E-state index contributed by atoms with van der Waals surface area (Å²) in [5.41, 5.74) is 0.417. The highest BCUT2D eigenvalue weighted by atomic mass is 32.2. The molecule has 0 N–H and O–H groups in total. The molecule has 0 atom stereocenters. The molecule has 0 saturated heterocycles. The Kier molecular flexibility index (Phi) is 3.10. The van der Waals surface area contributed by atoms with Gasteiger partial charge in [-0.3, -0.25) is 4.79 Å². The van der Waals surface area contributed by atoms with Gasteiger partial charge < -0.3 is 8.60 Å². The van der Waals surface area contributed by atoms with Gasteiger partial charge in [-0.25, -0.2) is 4.68 Å². The van der Waals surface area contributed by atoms with Crippen molar-refractivity contribution in [3.8, 4) is 5.88 Å². The van der Waals surface area contributed by atoms with Gasteiger partial charge in [0.15, 0.2) is 5.43 Å². The van der Waals surface area contributed by atoms with Crippen molar-refractivity contribution in [1.29, 1.82) is 0 Å². The molecule has 19 heavy (non-hydrogen) atoms. The van der Waals surface area contributed by atoms with Crippen LogP contribution in [-0.2, 0) is 4.18 Å². The van der Waals surface area contributed by atoms with Crippen LogP contribution >= 0.6 is 12.0 Å². The minimum Gasteiger partial charge on any atom is -0.438 e. The maximum absolute atomic E-state index is 12.0. The van der Waals surface area contributed by atoms with Gasteiger partial charge in [0, 0.05) is 35.4 Å². The van der Waals surface area contributed by atoms with E-state index in [0.29, 0.717) is 16.9 Å². The van der Waals surface area contributed by atoms with Crippen molar-refractivity contribution in [3.05, 3.63) is 52.9 Å². The van der Waals surface area contributed by atoms with Crippen LogP contribution in [0.2, 0.25) is 0 Å². The molecule has 0 aliphatic carbocycles. The maximum Gasteiger partial charge on any atom is 0.224 e. The highest BCUT2D eigenvalue weighted by Crippen LogP contribution is 2.23. The molecule has 0 unspecified atom stereocenters. The summed E-state index contributed by atoms with van der Waals surface area (Å²) in [5.74, 6) is 0.391. The van der Waals surface area contributed by atoms with E-state index >= 15 is 0 Å². The Labute approximate surface area is 113 Å². The van der Waals surface area contributed by atoms with E-state index in [1.165, 1.54) is 22.8 Å². The molecule has 0 saturated carbocycles. The molecule has 2 heterocycles. The van der Waals surface area contributed by atoms with Gasteiger partial charge in [0.05, 0.1) is 12.5 Å². The van der Waals surface area contributed by atoms with E-state index in [4.69, 9.17) is 8.60 Å². The zero-order valence-electron chi connectivity index (χ0n) is 10.1. The first-order valence-corrected chi connectivity index (χ1v) is 6.31. The summed E-state index contributed by atoms with van der Waals surface area (Å²) in [6, 6.07) is 8.52. The first kappa shape index (κ1) is 12.0. The monoisotopic (exact) mass is 274 g/mol. The molecule has 0 aliphatic rings. The zero-order valence-corrected chi connectivity index (χ0v) is 10.9. The molecule has 1 aromatic carbocycles. The lowest BCUT2D eigenvalue weighted by molar-refractivity contribution is 0.489. The number of hydrogen-bond acceptors (Lipinski definition) is 5. The highest BCUT2D eigenvalue weighted by Gasteiger charge is 2.07. The van der Waals surface area contributed by atoms with Crippen LogP contribution in [0, 0.1) is 0 Å². The fourth-order valence-corrected chi connectivity index (χ4v) is 2.25. The van der Waals surface area contributed by atoms with E-state index in [9.17, 15) is 4.79 Å². The van der Waals surface area contributed by atoms with Crippen LogP contribution in [0.5, 0.6) is 0 Å². The third kappa shape index (κ3) is 2.27. The van der Waals surface area contributed by atoms with Gasteiger partial charge in [0.25, 0.3) is 0 Å². The highest BCUT2D eigenvalue weighted by molar-refractivity contribution is 7.94. The third-order valence-electron chi connectivity index (χ3n) is 2.60. The normalized spacial score (nSPS) is 11.0. The van der Waals surface area contributed by atoms with Gasteiger partial charge in [-0.05, 0) is 24.3 Å². The molecule has 6 heteroatoms. The van der Waals surface area contributed by atoms with Gasteiger partial charge in [-0.1, -0.05) is 0 Å². The number of aromatic nitrogens is 2. The molecule has 0 spiro atoms. The minimum atomic E-state index is -0.0966. The topological polar surface area (TPSA) is 57.3 Å². The average Bonchev–Trinajstić information content (AvgIpc) is 2.92. The van der Waals surface area contributed by atoms with E-state index in [1.807, 2.05) is 6.07 Å². The predicted molar refractivity (Wildman–Crippen MR) is 72.5 cm³/mol. The van der Waals surface area contributed by atoms with Crippen molar-refractivity contribution in [2.24, 2.45) is 0 Å². The summed E-state index contributed by atoms with van der Waals surface area (Å²) in [6.07, 6.45) is 3.35. The third-order valence-corrected chi connectivity index (χ3v) is 3.21. The van der Waals surface area contributed by atoms with Crippen molar-refractivity contribution in [2.75, 3.05) is 7.11 Å². The van der Waals surface area contributed by atoms with Gasteiger partial charge in [0.1, 0.15) is 5.58 Å². The molecular formula is C13H10N2O3S. The van der Waals surface area contributed by atoms with Gasteiger partial charge in [0.2, 0.25) is 5.88 Å². The van der Waals surface area contributed by atoms with Crippen molar-refractivity contribution in [3.63, 3.8) is 0 Å². The lowest BCUT2D eigenvalue weighted by atomic mass is 10.2. The Hall–Kier alpha value is -2.05. The van der Waals surface area contributed by atoms with Crippen LogP contribution in [0.1, 0.15) is 0 Å². The molecule has 0 radical (unpaired) electrons. The van der Waals surface area contributed by atoms with Crippen LogP contribution < -0.4 is 5.43 Å². The van der Waals surface area contributed by atoms with Crippen LogP contribution in [0.4, 0.5) is 0 Å². The smallest absolute Gasteiger partial charge is 0.224 e. The molecule has 0 amide bonds. The standard InChI is InChI=1S/C13H10N2O3S/c1-17-19-9-3-4-10-11(16)8-13(18-12(10)7-9)15-6-2-5-14-15/h2-8H,1H3. The SMILES string of the molecule is COSc1ccc2c(=O)cc(-n3cccn3)oc2c1. The Morgan fingerprint density at radius 3 is 3.00 bits per heavy atom. The lowest BCUT2D eigenvalue weighted by Gasteiger charge is -2.04. The van der Waals surface area contributed by atoms with Crippen molar-refractivity contribution < 1.29 is 8.60 Å². The molecular weight excluding hydrogens is 264 g/mol. The summed E-state index contributed by atoms with van der Waals surface area (Å²) >= 11 is 1.21. The molecule has 96 valence electrons. The van der Waals surface area contributed by atoms with Crippen molar-refractivity contribution >= 4 is 23.0 Å². The van der Waals surface area contributed by atoms with E-state index in [-0.39, 0.29) is 5.43 Å². The molecule has 3 aromatic rings. The Bertz CT molecular complexity index is 765. The minimum absolute atomic E-state index is 0.0966. The molecule has 0 aliphatic heterocycles. The fraction of sp³-hybridized carbons (Fsp3) is 0.0769. The quantitative estimate of drug-likeness (QED) is 0.687. The number of benzene rings is 1. The second-order valence-electron chi connectivity index (χ2n) is 3.81. The van der Waals surface area contributed by atoms with Crippen LogP contribution in [0.15, 0.2) is 56.8 Å². The summed E-state index contributed by atoms with van der Waals surface area (Å²) in [6.45, 7) is 0. The summed E-state index contributed by atoms with van der Waals surface area (Å²) in [5, 5.41) is 4.59. The lowest BCUT2D eigenvalue weighted by Crippen LogP contribution is -2.04. The maximum atomic E-state index is 12.0. The number of fused-ring (bicyclic) bond motifs is 1. The summed E-state index contributed by atoms with van der Waals surface area (Å²) in [7, 11) is 1.59. The van der Waals surface area contributed by atoms with E-state index < -0.39 is 0 Å². The van der Waals surface area contributed by atoms with Crippen LogP contribution in [0.3, 0.4) is 0 Å². The van der Waals surface area contributed by atoms with E-state index in [1.54, 1.807) is 37.7 Å². The van der Waals surface area contributed by atoms with E-state index in [2.05, 4.69) is 5.10 Å². The number of rotatable bonds is 3. The average molecular weight is 274 g/mol.